The van der Waals surface area contributed by atoms with Crippen LogP contribution in [0.15, 0.2) is 0 Å². The van der Waals surface area contributed by atoms with E-state index in [-0.39, 0.29) is 0 Å². The van der Waals surface area contributed by atoms with Crippen LogP contribution in [0.25, 0.3) is 0 Å². The lowest BCUT2D eigenvalue weighted by molar-refractivity contribution is -0.148. The molecule has 3 heteroatoms. The average molecular weight is 157 g/mol. The third kappa shape index (κ3) is 1.25. The first kappa shape index (κ1) is 8.53. The first-order valence-corrected chi connectivity index (χ1v) is 4.09. The Morgan fingerprint density at radius 3 is 2.73 bits per heavy atom. The SMILES string of the molecule is CCN1CCC[C@]1(C)C(=O)O. The Hall–Kier alpha value is -0.570. The van der Waals surface area contributed by atoms with Crippen LogP contribution >= 0.6 is 0 Å². The molecule has 0 aromatic heterocycles. The molecule has 1 fully saturated rings. The summed E-state index contributed by atoms with van der Waals surface area (Å²) >= 11 is 0. The highest BCUT2D eigenvalue weighted by atomic mass is 16.4. The van der Waals surface area contributed by atoms with Gasteiger partial charge in [0.15, 0.2) is 0 Å². The maximum Gasteiger partial charge on any atom is 0.323 e. The molecule has 0 spiro atoms. The summed E-state index contributed by atoms with van der Waals surface area (Å²) in [5.74, 6) is -0.683. The number of carboxylic acids is 1. The molecule has 3 nitrogen and oxygen atoms in total. The first-order valence-electron chi connectivity index (χ1n) is 4.09. The number of likely N-dealkylation sites (N-methyl/N-ethyl adjacent to an activating group) is 1. The fraction of sp³-hybridized carbons (Fsp3) is 0.875. The topological polar surface area (TPSA) is 40.5 Å². The Kier molecular flexibility index (Phi) is 2.18. The number of carbonyl (C=O) groups is 1. The van der Waals surface area contributed by atoms with Crippen molar-refractivity contribution in [2.75, 3.05) is 13.1 Å². The van der Waals surface area contributed by atoms with Crippen LogP contribution in [0.2, 0.25) is 0 Å². The van der Waals surface area contributed by atoms with Gasteiger partial charge in [0.05, 0.1) is 0 Å². The van der Waals surface area contributed by atoms with Gasteiger partial charge in [0.2, 0.25) is 0 Å². The molecular formula is C8H15NO2. The second-order valence-electron chi connectivity index (χ2n) is 3.26. The van der Waals surface area contributed by atoms with Crippen LogP contribution < -0.4 is 0 Å². The molecule has 0 amide bonds. The van der Waals surface area contributed by atoms with Crippen molar-refractivity contribution < 1.29 is 9.90 Å². The highest BCUT2D eigenvalue weighted by Crippen LogP contribution is 2.28. The molecule has 1 aliphatic heterocycles. The maximum atomic E-state index is 10.9. The fourth-order valence-electron chi connectivity index (χ4n) is 1.77. The van der Waals surface area contributed by atoms with E-state index in [9.17, 15) is 4.79 Å². The lowest BCUT2D eigenvalue weighted by Gasteiger charge is -2.29. The smallest absolute Gasteiger partial charge is 0.323 e. The third-order valence-corrected chi connectivity index (χ3v) is 2.63. The van der Waals surface area contributed by atoms with Crippen LogP contribution in [0, 0.1) is 0 Å². The van der Waals surface area contributed by atoms with Gasteiger partial charge in [-0.05, 0) is 32.9 Å². The van der Waals surface area contributed by atoms with Crippen LogP contribution in [0.3, 0.4) is 0 Å². The highest BCUT2D eigenvalue weighted by molar-refractivity contribution is 5.78. The number of nitrogens with zero attached hydrogens (tertiary/aromatic N) is 1. The van der Waals surface area contributed by atoms with Gasteiger partial charge in [-0.1, -0.05) is 6.92 Å². The van der Waals surface area contributed by atoms with E-state index >= 15 is 0 Å². The molecule has 1 rings (SSSR count). The Balaban J connectivity index is 2.75. The van der Waals surface area contributed by atoms with E-state index in [0.717, 1.165) is 25.9 Å². The Bertz CT molecular complexity index is 169. The molecule has 1 heterocycles. The van der Waals surface area contributed by atoms with E-state index in [2.05, 4.69) is 0 Å². The van der Waals surface area contributed by atoms with Gasteiger partial charge in [0, 0.05) is 0 Å². The largest absolute Gasteiger partial charge is 0.480 e. The number of hydrogen-bond acceptors (Lipinski definition) is 2. The summed E-state index contributed by atoms with van der Waals surface area (Å²) in [6.07, 6.45) is 1.80. The molecule has 1 saturated heterocycles. The monoisotopic (exact) mass is 157 g/mol. The van der Waals surface area contributed by atoms with Crippen LogP contribution in [0.4, 0.5) is 0 Å². The van der Waals surface area contributed by atoms with Gasteiger partial charge < -0.3 is 5.11 Å². The van der Waals surface area contributed by atoms with Gasteiger partial charge in [-0.3, -0.25) is 9.69 Å². The van der Waals surface area contributed by atoms with Gasteiger partial charge in [0.1, 0.15) is 5.54 Å². The zero-order chi connectivity index (χ0) is 8.48. The Morgan fingerprint density at radius 1 is 1.73 bits per heavy atom. The predicted molar refractivity (Wildman–Crippen MR) is 42.5 cm³/mol. The minimum atomic E-state index is -0.683. The second-order valence-corrected chi connectivity index (χ2v) is 3.26. The Morgan fingerprint density at radius 2 is 2.36 bits per heavy atom. The lowest BCUT2D eigenvalue weighted by Crippen LogP contribution is -2.47. The lowest BCUT2D eigenvalue weighted by atomic mass is 9.99. The molecule has 64 valence electrons. The Labute approximate surface area is 67.0 Å². The normalized spacial score (nSPS) is 32.5. The van der Waals surface area contributed by atoms with E-state index < -0.39 is 11.5 Å². The zero-order valence-corrected chi connectivity index (χ0v) is 7.13. The van der Waals surface area contributed by atoms with Gasteiger partial charge in [-0.15, -0.1) is 0 Å². The standard InChI is InChI=1S/C8H15NO2/c1-3-9-6-4-5-8(9,2)7(10)11/h3-6H2,1-2H3,(H,10,11)/t8-/m1/s1. The van der Waals surface area contributed by atoms with Gasteiger partial charge in [0.25, 0.3) is 0 Å². The predicted octanol–water partition coefficient (Wildman–Crippen LogP) is 0.945. The second kappa shape index (κ2) is 2.81. The summed E-state index contributed by atoms with van der Waals surface area (Å²) in [4.78, 5) is 12.9. The van der Waals surface area contributed by atoms with E-state index in [1.807, 2.05) is 18.7 Å². The summed E-state index contributed by atoms with van der Waals surface area (Å²) in [6.45, 7) is 5.58. The molecule has 1 N–H and O–H groups in total. The van der Waals surface area contributed by atoms with Crippen LogP contribution in [0.5, 0.6) is 0 Å². The van der Waals surface area contributed by atoms with Crippen LogP contribution in [-0.2, 0) is 4.79 Å². The minimum Gasteiger partial charge on any atom is -0.480 e. The van der Waals surface area contributed by atoms with Crippen LogP contribution in [-0.4, -0.2) is 34.6 Å². The third-order valence-electron chi connectivity index (χ3n) is 2.63. The summed E-state index contributed by atoms with van der Waals surface area (Å²) in [7, 11) is 0. The van der Waals surface area contributed by atoms with Crippen molar-refractivity contribution in [3.8, 4) is 0 Å². The molecule has 1 aliphatic rings. The van der Waals surface area contributed by atoms with E-state index in [0.29, 0.717) is 0 Å². The molecule has 0 radical (unpaired) electrons. The number of hydrogen-bond donors (Lipinski definition) is 1. The maximum absolute atomic E-state index is 10.9. The van der Waals surface area contributed by atoms with Crippen molar-refractivity contribution in [1.29, 1.82) is 0 Å². The summed E-state index contributed by atoms with van der Waals surface area (Å²) in [6, 6.07) is 0. The molecule has 0 saturated carbocycles. The summed E-state index contributed by atoms with van der Waals surface area (Å²) in [5.41, 5.74) is -0.589. The first-order chi connectivity index (χ1) is 5.11. The van der Waals surface area contributed by atoms with Crippen LogP contribution in [0.1, 0.15) is 26.7 Å². The number of rotatable bonds is 2. The minimum absolute atomic E-state index is 0.589. The molecule has 0 aromatic carbocycles. The van der Waals surface area contributed by atoms with E-state index in [1.165, 1.54) is 0 Å². The van der Waals surface area contributed by atoms with Crippen molar-refractivity contribution in [3.63, 3.8) is 0 Å². The number of aliphatic carboxylic acids is 1. The molecule has 0 aromatic rings. The van der Waals surface area contributed by atoms with Crippen molar-refractivity contribution in [3.05, 3.63) is 0 Å². The van der Waals surface area contributed by atoms with Crippen molar-refractivity contribution in [2.45, 2.75) is 32.2 Å². The van der Waals surface area contributed by atoms with Crippen molar-refractivity contribution in [1.82, 2.24) is 4.90 Å². The molecular weight excluding hydrogens is 142 g/mol. The molecule has 0 aliphatic carbocycles. The van der Waals surface area contributed by atoms with E-state index in [4.69, 9.17) is 5.11 Å². The zero-order valence-electron chi connectivity index (χ0n) is 7.13. The number of likely N-dealkylation sites (tertiary alicyclic amines) is 1. The van der Waals surface area contributed by atoms with Crippen molar-refractivity contribution in [2.24, 2.45) is 0 Å². The highest BCUT2D eigenvalue weighted by Gasteiger charge is 2.42. The van der Waals surface area contributed by atoms with Gasteiger partial charge >= 0.3 is 5.97 Å². The van der Waals surface area contributed by atoms with E-state index in [1.54, 1.807) is 0 Å². The number of carboxylic acid groups (broad SMARTS) is 1. The van der Waals surface area contributed by atoms with Gasteiger partial charge in [-0.25, -0.2) is 0 Å². The fourth-order valence-corrected chi connectivity index (χ4v) is 1.77. The summed E-state index contributed by atoms with van der Waals surface area (Å²) < 4.78 is 0. The average Bonchev–Trinajstić information content (AvgIpc) is 2.32. The molecule has 0 unspecified atom stereocenters. The molecule has 1 atom stereocenters. The van der Waals surface area contributed by atoms with Gasteiger partial charge in [-0.2, -0.15) is 0 Å². The van der Waals surface area contributed by atoms with Crippen molar-refractivity contribution >= 4 is 5.97 Å². The quantitative estimate of drug-likeness (QED) is 0.648. The molecule has 0 bridgehead atoms. The molecule has 11 heavy (non-hydrogen) atoms. The summed E-state index contributed by atoms with van der Waals surface area (Å²) in [5, 5.41) is 8.93.